The molecule has 0 aromatic heterocycles. The van der Waals surface area contributed by atoms with Gasteiger partial charge in [0, 0.05) is 12.1 Å². The molecule has 1 N–H and O–H groups in total. The summed E-state index contributed by atoms with van der Waals surface area (Å²) in [6.45, 7) is 3.14. The standard InChI is InChI=1S/C21H23NO5/c1-2-15-6-8-16(9-7-15)19-13-22(10-11-26-19)21(25)17-4-3-5-18(12-17)27-14-20(23)24/h3-9,12,19H,2,10-11,13-14H2,1H3,(H,23,24). The fourth-order valence-corrected chi connectivity index (χ4v) is 3.05. The Morgan fingerprint density at radius 2 is 2.00 bits per heavy atom. The molecule has 6 nitrogen and oxygen atoms in total. The van der Waals surface area contributed by atoms with Crippen molar-refractivity contribution < 1.29 is 24.2 Å². The van der Waals surface area contributed by atoms with Gasteiger partial charge in [-0.05, 0) is 35.7 Å². The second-order valence-electron chi connectivity index (χ2n) is 6.42. The van der Waals surface area contributed by atoms with Gasteiger partial charge in [-0.15, -0.1) is 0 Å². The Morgan fingerprint density at radius 1 is 1.22 bits per heavy atom. The zero-order valence-corrected chi connectivity index (χ0v) is 15.3. The fraction of sp³-hybridized carbons (Fsp3) is 0.333. The highest BCUT2D eigenvalue weighted by Crippen LogP contribution is 2.24. The first-order valence-electron chi connectivity index (χ1n) is 9.01. The normalized spacial score (nSPS) is 16.8. The lowest BCUT2D eigenvalue weighted by atomic mass is 10.0. The smallest absolute Gasteiger partial charge is 0.341 e. The van der Waals surface area contributed by atoms with Crippen LogP contribution >= 0.6 is 0 Å². The first-order chi connectivity index (χ1) is 13.1. The molecule has 1 atom stereocenters. The molecule has 1 aliphatic heterocycles. The molecule has 0 bridgehead atoms. The summed E-state index contributed by atoms with van der Waals surface area (Å²) >= 11 is 0. The second kappa shape index (κ2) is 8.68. The van der Waals surface area contributed by atoms with Crippen LogP contribution in [0.4, 0.5) is 0 Å². The van der Waals surface area contributed by atoms with Gasteiger partial charge in [0.2, 0.25) is 0 Å². The summed E-state index contributed by atoms with van der Waals surface area (Å²) in [6, 6.07) is 14.9. The average molecular weight is 369 g/mol. The van der Waals surface area contributed by atoms with Gasteiger partial charge in [0.05, 0.1) is 13.2 Å². The number of morpholine rings is 1. The Labute approximate surface area is 158 Å². The van der Waals surface area contributed by atoms with Gasteiger partial charge >= 0.3 is 5.97 Å². The summed E-state index contributed by atoms with van der Waals surface area (Å²) in [6.07, 6.45) is 0.830. The van der Waals surface area contributed by atoms with Crippen molar-refractivity contribution in [3.63, 3.8) is 0 Å². The molecule has 1 saturated heterocycles. The van der Waals surface area contributed by atoms with Crippen molar-refractivity contribution in [3.8, 4) is 5.75 Å². The van der Waals surface area contributed by atoms with Crippen LogP contribution in [0.5, 0.6) is 5.75 Å². The Bertz CT molecular complexity index is 802. The van der Waals surface area contributed by atoms with E-state index in [4.69, 9.17) is 14.6 Å². The summed E-state index contributed by atoms with van der Waals surface area (Å²) in [5, 5.41) is 8.71. The Hall–Kier alpha value is -2.86. The maximum Gasteiger partial charge on any atom is 0.341 e. The number of rotatable bonds is 6. The van der Waals surface area contributed by atoms with E-state index in [1.807, 2.05) is 0 Å². The molecule has 2 aromatic rings. The largest absolute Gasteiger partial charge is 0.482 e. The number of carboxylic acids is 1. The van der Waals surface area contributed by atoms with Crippen molar-refractivity contribution in [1.29, 1.82) is 0 Å². The van der Waals surface area contributed by atoms with Crippen molar-refractivity contribution in [2.45, 2.75) is 19.4 Å². The Morgan fingerprint density at radius 3 is 2.70 bits per heavy atom. The quantitative estimate of drug-likeness (QED) is 0.847. The monoisotopic (exact) mass is 369 g/mol. The van der Waals surface area contributed by atoms with Crippen LogP contribution in [-0.2, 0) is 16.0 Å². The summed E-state index contributed by atoms with van der Waals surface area (Å²) in [5.41, 5.74) is 2.80. The number of aryl methyl sites for hydroxylation is 1. The summed E-state index contributed by atoms with van der Waals surface area (Å²) in [7, 11) is 0. The molecule has 1 aliphatic rings. The number of nitrogens with zero attached hydrogens (tertiary/aromatic N) is 1. The molecule has 3 rings (SSSR count). The van der Waals surface area contributed by atoms with Crippen molar-refractivity contribution in [3.05, 3.63) is 65.2 Å². The Balaban J connectivity index is 1.69. The minimum absolute atomic E-state index is 0.116. The highest BCUT2D eigenvalue weighted by molar-refractivity contribution is 5.94. The number of carboxylic acid groups (broad SMARTS) is 1. The van der Waals surface area contributed by atoms with Crippen molar-refractivity contribution >= 4 is 11.9 Å². The van der Waals surface area contributed by atoms with Gasteiger partial charge in [-0.1, -0.05) is 37.3 Å². The number of aliphatic carboxylic acids is 1. The van der Waals surface area contributed by atoms with Gasteiger partial charge in [0.25, 0.3) is 5.91 Å². The maximum absolute atomic E-state index is 12.9. The van der Waals surface area contributed by atoms with Gasteiger partial charge in [0.15, 0.2) is 6.61 Å². The van der Waals surface area contributed by atoms with E-state index in [2.05, 4.69) is 31.2 Å². The van der Waals surface area contributed by atoms with Crippen LogP contribution < -0.4 is 4.74 Å². The van der Waals surface area contributed by atoms with Gasteiger partial charge in [-0.2, -0.15) is 0 Å². The molecule has 1 fully saturated rings. The SMILES string of the molecule is CCc1ccc(C2CN(C(=O)c3cccc(OCC(=O)O)c3)CCO2)cc1. The molecule has 0 aliphatic carbocycles. The van der Waals surface area contributed by atoms with Crippen LogP contribution in [0.3, 0.4) is 0 Å². The minimum Gasteiger partial charge on any atom is -0.482 e. The van der Waals surface area contributed by atoms with E-state index in [9.17, 15) is 9.59 Å². The van der Waals surface area contributed by atoms with E-state index >= 15 is 0 Å². The molecular formula is C21H23NO5. The first kappa shape index (κ1) is 18.9. The van der Waals surface area contributed by atoms with Crippen molar-refractivity contribution in [2.75, 3.05) is 26.3 Å². The number of ether oxygens (including phenoxy) is 2. The minimum atomic E-state index is -1.06. The third kappa shape index (κ3) is 4.86. The van der Waals surface area contributed by atoms with Gasteiger partial charge in [0.1, 0.15) is 11.9 Å². The predicted molar refractivity (Wildman–Crippen MR) is 100.0 cm³/mol. The van der Waals surface area contributed by atoms with E-state index in [0.717, 1.165) is 12.0 Å². The van der Waals surface area contributed by atoms with Crippen LogP contribution in [0.1, 0.15) is 34.5 Å². The van der Waals surface area contributed by atoms with Crippen LogP contribution in [-0.4, -0.2) is 48.2 Å². The number of carbonyl (C=O) groups is 2. The highest BCUT2D eigenvalue weighted by atomic mass is 16.5. The topological polar surface area (TPSA) is 76.1 Å². The lowest BCUT2D eigenvalue weighted by molar-refractivity contribution is -0.139. The number of amides is 1. The van der Waals surface area contributed by atoms with Crippen LogP contribution in [0, 0.1) is 0 Å². The zero-order chi connectivity index (χ0) is 19.2. The van der Waals surface area contributed by atoms with Crippen LogP contribution in [0.15, 0.2) is 48.5 Å². The van der Waals surface area contributed by atoms with Gasteiger partial charge < -0.3 is 19.5 Å². The highest BCUT2D eigenvalue weighted by Gasteiger charge is 2.26. The summed E-state index contributed by atoms with van der Waals surface area (Å²) < 4.78 is 11.0. The molecule has 1 heterocycles. The molecule has 0 radical (unpaired) electrons. The number of benzene rings is 2. The zero-order valence-electron chi connectivity index (χ0n) is 15.3. The fourth-order valence-electron chi connectivity index (χ4n) is 3.05. The molecule has 27 heavy (non-hydrogen) atoms. The van der Waals surface area contributed by atoms with E-state index in [1.165, 1.54) is 5.56 Å². The third-order valence-corrected chi connectivity index (χ3v) is 4.56. The second-order valence-corrected chi connectivity index (χ2v) is 6.42. The van der Waals surface area contributed by atoms with E-state index in [0.29, 0.717) is 31.0 Å². The third-order valence-electron chi connectivity index (χ3n) is 4.56. The van der Waals surface area contributed by atoms with E-state index < -0.39 is 12.6 Å². The van der Waals surface area contributed by atoms with Crippen LogP contribution in [0.2, 0.25) is 0 Å². The predicted octanol–water partition coefficient (Wildman–Crippen LogP) is 2.93. The summed E-state index contributed by atoms with van der Waals surface area (Å²) in [5.74, 6) is -0.811. The molecule has 2 aromatic carbocycles. The van der Waals surface area contributed by atoms with Crippen LogP contribution in [0.25, 0.3) is 0 Å². The molecular weight excluding hydrogens is 346 g/mol. The molecule has 1 amide bonds. The van der Waals surface area contributed by atoms with Crippen molar-refractivity contribution in [1.82, 2.24) is 4.90 Å². The lowest BCUT2D eigenvalue weighted by Crippen LogP contribution is -2.42. The summed E-state index contributed by atoms with van der Waals surface area (Å²) in [4.78, 5) is 25.3. The molecule has 0 spiro atoms. The van der Waals surface area contributed by atoms with E-state index in [-0.39, 0.29) is 12.0 Å². The van der Waals surface area contributed by atoms with Gasteiger partial charge in [-0.3, -0.25) is 4.79 Å². The Kier molecular flexibility index (Phi) is 6.08. The number of hydrogen-bond acceptors (Lipinski definition) is 4. The number of carbonyl (C=O) groups excluding carboxylic acids is 1. The van der Waals surface area contributed by atoms with Crippen molar-refractivity contribution in [2.24, 2.45) is 0 Å². The lowest BCUT2D eigenvalue weighted by Gasteiger charge is -2.33. The average Bonchev–Trinajstić information content (AvgIpc) is 2.72. The molecule has 0 saturated carbocycles. The molecule has 6 heteroatoms. The maximum atomic E-state index is 12.9. The van der Waals surface area contributed by atoms with E-state index in [1.54, 1.807) is 29.2 Å². The molecule has 1 unspecified atom stereocenters. The first-order valence-corrected chi connectivity index (χ1v) is 9.01. The molecule has 142 valence electrons. The number of hydrogen-bond donors (Lipinski definition) is 1. The van der Waals surface area contributed by atoms with Gasteiger partial charge in [-0.25, -0.2) is 4.79 Å².